The van der Waals surface area contributed by atoms with Gasteiger partial charge in [-0.05, 0) is 40.2 Å². The third-order valence-corrected chi connectivity index (χ3v) is 2.45. The Balaban J connectivity index is 2.67. The third-order valence-electron chi connectivity index (χ3n) is 2.45. The quantitative estimate of drug-likeness (QED) is 0.747. The first kappa shape index (κ1) is 13.8. The van der Waals surface area contributed by atoms with Gasteiger partial charge in [0.1, 0.15) is 5.60 Å². The molecule has 0 spiro atoms. The molecule has 0 atom stereocenters. The highest BCUT2D eigenvalue weighted by molar-refractivity contribution is 5.75. The zero-order valence-corrected chi connectivity index (χ0v) is 11.4. The smallest absolute Gasteiger partial charge is 0.311 e. The summed E-state index contributed by atoms with van der Waals surface area (Å²) in [6.45, 7) is 9.50. The molecule has 1 rings (SSSR count). The van der Waals surface area contributed by atoms with Crippen LogP contribution in [0.2, 0.25) is 0 Å². The normalized spacial score (nSPS) is 12.3. The minimum Gasteiger partial charge on any atom is -0.459 e. The Morgan fingerprint density at radius 2 is 1.59 bits per heavy atom. The molecule has 17 heavy (non-hydrogen) atoms. The predicted molar refractivity (Wildman–Crippen MR) is 69.8 cm³/mol. The molecule has 0 saturated heterocycles. The Kier molecular flexibility index (Phi) is 3.97. The molecular formula is C15H22O2. The number of hydrogen-bond acceptors (Lipinski definition) is 2. The van der Waals surface area contributed by atoms with Gasteiger partial charge in [0.05, 0.1) is 5.41 Å². The summed E-state index contributed by atoms with van der Waals surface area (Å²) in [4.78, 5) is 11.8. The first-order valence-electron chi connectivity index (χ1n) is 5.98. The van der Waals surface area contributed by atoms with Gasteiger partial charge >= 0.3 is 5.97 Å². The van der Waals surface area contributed by atoms with Crippen LogP contribution in [0.3, 0.4) is 0 Å². The molecule has 0 amide bonds. The van der Waals surface area contributed by atoms with Crippen molar-refractivity contribution in [2.45, 2.75) is 46.6 Å². The molecule has 0 N–H and O–H groups in total. The fourth-order valence-corrected chi connectivity index (χ4v) is 1.53. The van der Waals surface area contributed by atoms with Gasteiger partial charge < -0.3 is 4.74 Å². The Hall–Kier alpha value is -1.31. The number of carbonyl (C=O) groups excluding carboxylic acids is 1. The van der Waals surface area contributed by atoms with E-state index in [4.69, 9.17) is 4.74 Å². The SMILES string of the molecule is CC(C)(Cc1ccccc1)OC(=O)C(C)(C)C. The highest BCUT2D eigenvalue weighted by Gasteiger charge is 2.30. The van der Waals surface area contributed by atoms with Gasteiger partial charge in [-0.1, -0.05) is 30.3 Å². The van der Waals surface area contributed by atoms with Crippen molar-refractivity contribution in [3.05, 3.63) is 35.9 Å². The number of ether oxygens (including phenoxy) is 1. The second-order valence-corrected chi connectivity index (χ2v) is 6.06. The van der Waals surface area contributed by atoms with E-state index in [1.165, 1.54) is 5.56 Å². The Labute approximate surface area is 104 Å². The number of hydrogen-bond donors (Lipinski definition) is 0. The Morgan fingerprint density at radius 3 is 2.06 bits per heavy atom. The molecule has 0 aliphatic carbocycles. The minimum atomic E-state index is -0.467. The summed E-state index contributed by atoms with van der Waals surface area (Å²) in [5.41, 5.74) is 0.263. The number of carbonyl (C=O) groups is 1. The van der Waals surface area contributed by atoms with Crippen molar-refractivity contribution in [1.29, 1.82) is 0 Å². The summed E-state index contributed by atoms with van der Waals surface area (Å²) in [7, 11) is 0. The van der Waals surface area contributed by atoms with Gasteiger partial charge in [-0.15, -0.1) is 0 Å². The van der Waals surface area contributed by atoms with Crippen LogP contribution in [-0.4, -0.2) is 11.6 Å². The Morgan fingerprint density at radius 1 is 1.06 bits per heavy atom. The van der Waals surface area contributed by atoms with Crippen LogP contribution in [0.1, 0.15) is 40.2 Å². The summed E-state index contributed by atoms with van der Waals surface area (Å²) in [6, 6.07) is 10.1. The van der Waals surface area contributed by atoms with Gasteiger partial charge in [0, 0.05) is 6.42 Å². The molecule has 2 nitrogen and oxygen atoms in total. The maximum atomic E-state index is 11.8. The predicted octanol–water partition coefficient (Wildman–Crippen LogP) is 3.60. The topological polar surface area (TPSA) is 26.3 Å². The lowest BCUT2D eigenvalue weighted by Crippen LogP contribution is -2.35. The van der Waals surface area contributed by atoms with Crippen LogP contribution < -0.4 is 0 Å². The molecular weight excluding hydrogens is 212 g/mol. The van der Waals surface area contributed by atoms with Crippen LogP contribution in [0.4, 0.5) is 0 Å². The summed E-state index contributed by atoms with van der Waals surface area (Å²) in [5, 5.41) is 0. The van der Waals surface area contributed by atoms with Crippen LogP contribution in [0.25, 0.3) is 0 Å². The van der Waals surface area contributed by atoms with Gasteiger partial charge in [-0.2, -0.15) is 0 Å². The summed E-state index contributed by atoms with van der Waals surface area (Å²) < 4.78 is 5.57. The van der Waals surface area contributed by atoms with Crippen molar-refractivity contribution in [3.8, 4) is 0 Å². The molecule has 0 fully saturated rings. The zero-order valence-electron chi connectivity index (χ0n) is 11.4. The summed E-state index contributed by atoms with van der Waals surface area (Å²) in [6.07, 6.45) is 0.732. The van der Waals surface area contributed by atoms with Crippen LogP contribution in [-0.2, 0) is 16.0 Å². The highest BCUT2D eigenvalue weighted by atomic mass is 16.6. The van der Waals surface area contributed by atoms with Gasteiger partial charge in [-0.3, -0.25) is 4.79 Å². The molecule has 0 aromatic heterocycles. The van der Waals surface area contributed by atoms with Gasteiger partial charge in [0.15, 0.2) is 0 Å². The minimum absolute atomic E-state index is 0.154. The second-order valence-electron chi connectivity index (χ2n) is 6.06. The van der Waals surface area contributed by atoms with E-state index in [-0.39, 0.29) is 5.97 Å². The second kappa shape index (κ2) is 4.91. The third kappa shape index (κ3) is 4.59. The number of benzene rings is 1. The standard InChI is InChI=1S/C15H22O2/c1-14(2,3)13(16)17-15(4,5)11-12-9-7-6-8-10-12/h6-10H,11H2,1-5H3. The molecule has 0 unspecified atom stereocenters. The molecule has 1 aromatic carbocycles. The van der Waals surface area contributed by atoms with E-state index in [1.807, 2.05) is 65.0 Å². The van der Waals surface area contributed by atoms with E-state index in [0.717, 1.165) is 6.42 Å². The van der Waals surface area contributed by atoms with Crippen molar-refractivity contribution >= 4 is 5.97 Å². The largest absolute Gasteiger partial charge is 0.459 e. The first-order chi connectivity index (χ1) is 7.71. The molecule has 2 heteroatoms. The molecule has 94 valence electrons. The van der Waals surface area contributed by atoms with Crippen molar-refractivity contribution < 1.29 is 9.53 Å². The summed E-state index contributed by atoms with van der Waals surface area (Å²) >= 11 is 0. The van der Waals surface area contributed by atoms with Crippen LogP contribution in [0.15, 0.2) is 30.3 Å². The first-order valence-corrected chi connectivity index (χ1v) is 5.98. The molecule has 0 aliphatic heterocycles. The van der Waals surface area contributed by atoms with Gasteiger partial charge in [0.2, 0.25) is 0 Å². The van der Waals surface area contributed by atoms with Gasteiger partial charge in [0.25, 0.3) is 0 Å². The monoisotopic (exact) mass is 234 g/mol. The van der Waals surface area contributed by atoms with Crippen molar-refractivity contribution in [2.24, 2.45) is 5.41 Å². The van der Waals surface area contributed by atoms with Crippen LogP contribution in [0, 0.1) is 5.41 Å². The van der Waals surface area contributed by atoms with E-state index in [1.54, 1.807) is 0 Å². The molecule has 1 aromatic rings. The van der Waals surface area contributed by atoms with E-state index in [9.17, 15) is 4.79 Å². The molecule has 0 radical (unpaired) electrons. The lowest BCUT2D eigenvalue weighted by atomic mass is 9.94. The highest BCUT2D eigenvalue weighted by Crippen LogP contribution is 2.23. The van der Waals surface area contributed by atoms with E-state index in [2.05, 4.69) is 0 Å². The number of esters is 1. The van der Waals surface area contributed by atoms with Crippen molar-refractivity contribution in [1.82, 2.24) is 0 Å². The van der Waals surface area contributed by atoms with Crippen molar-refractivity contribution in [3.63, 3.8) is 0 Å². The lowest BCUT2D eigenvalue weighted by molar-refractivity contribution is -0.166. The number of rotatable bonds is 3. The van der Waals surface area contributed by atoms with E-state index >= 15 is 0 Å². The maximum absolute atomic E-state index is 11.8. The van der Waals surface area contributed by atoms with E-state index < -0.39 is 11.0 Å². The van der Waals surface area contributed by atoms with Gasteiger partial charge in [-0.25, -0.2) is 0 Å². The van der Waals surface area contributed by atoms with Crippen LogP contribution >= 0.6 is 0 Å². The van der Waals surface area contributed by atoms with Crippen molar-refractivity contribution in [2.75, 3.05) is 0 Å². The Bertz CT molecular complexity index is 372. The average molecular weight is 234 g/mol. The average Bonchev–Trinajstić information content (AvgIpc) is 2.16. The molecule has 0 heterocycles. The summed E-state index contributed by atoms with van der Waals surface area (Å²) in [5.74, 6) is -0.154. The zero-order chi connectivity index (χ0) is 13.1. The molecule has 0 saturated carbocycles. The fourth-order valence-electron chi connectivity index (χ4n) is 1.53. The van der Waals surface area contributed by atoms with E-state index in [0.29, 0.717) is 0 Å². The van der Waals surface area contributed by atoms with Crippen LogP contribution in [0.5, 0.6) is 0 Å². The molecule has 0 bridgehead atoms. The molecule has 0 aliphatic rings. The lowest BCUT2D eigenvalue weighted by Gasteiger charge is -2.29. The maximum Gasteiger partial charge on any atom is 0.311 e. The fraction of sp³-hybridized carbons (Fsp3) is 0.533.